The van der Waals surface area contributed by atoms with Crippen LogP contribution in [0.15, 0.2) is 24.3 Å². The Morgan fingerprint density at radius 2 is 2.11 bits per heavy atom. The van der Waals surface area contributed by atoms with Crippen molar-refractivity contribution in [3.05, 3.63) is 29.8 Å². The summed E-state index contributed by atoms with van der Waals surface area (Å²) in [4.78, 5) is 11.1. The van der Waals surface area contributed by atoms with Crippen LogP contribution in [0.25, 0.3) is 0 Å². The first-order valence-corrected chi connectivity index (χ1v) is 6.82. The Morgan fingerprint density at radius 3 is 2.74 bits per heavy atom. The van der Waals surface area contributed by atoms with Crippen LogP contribution in [0, 0.1) is 5.41 Å². The van der Waals surface area contributed by atoms with Gasteiger partial charge >= 0.3 is 0 Å². The van der Waals surface area contributed by atoms with Crippen LogP contribution in [0.3, 0.4) is 0 Å². The van der Waals surface area contributed by atoms with Gasteiger partial charge in [0.25, 0.3) is 0 Å². The second-order valence-corrected chi connectivity index (χ2v) is 5.42. The molecule has 1 aliphatic carbocycles. The molecule has 1 fully saturated rings. The minimum absolute atomic E-state index is 0.0496. The van der Waals surface area contributed by atoms with Gasteiger partial charge in [0.05, 0.1) is 0 Å². The minimum atomic E-state index is -0.0496. The van der Waals surface area contributed by atoms with Crippen molar-refractivity contribution in [2.45, 2.75) is 32.7 Å². The fraction of sp³-hybridized carbons (Fsp3) is 0.533. The molecule has 0 unspecified atom stereocenters. The number of aliphatic hydroxyl groups is 1. The molecule has 0 spiro atoms. The van der Waals surface area contributed by atoms with Crippen LogP contribution in [0.5, 0.6) is 0 Å². The summed E-state index contributed by atoms with van der Waals surface area (Å²) in [6, 6.07) is 7.83. The summed E-state index contributed by atoms with van der Waals surface area (Å²) in [6.07, 6.45) is 3.29. The number of hydrogen-bond donors (Lipinski definition) is 3. The molecule has 3 N–H and O–H groups in total. The van der Waals surface area contributed by atoms with E-state index in [1.54, 1.807) is 0 Å². The predicted molar refractivity (Wildman–Crippen MR) is 75.8 cm³/mol. The number of carbonyl (C=O) groups excluding carboxylic acids is 1. The normalized spacial score (nSPS) is 16.1. The highest BCUT2D eigenvalue weighted by Crippen LogP contribution is 2.47. The number of hydrogen-bond acceptors (Lipinski definition) is 3. The van der Waals surface area contributed by atoms with Gasteiger partial charge in [0.15, 0.2) is 0 Å². The number of rotatable bonds is 7. The molecule has 0 aromatic heterocycles. The Bertz CT molecular complexity index is 442. The van der Waals surface area contributed by atoms with Gasteiger partial charge in [-0.15, -0.1) is 0 Å². The van der Waals surface area contributed by atoms with Crippen LogP contribution < -0.4 is 10.6 Å². The Labute approximate surface area is 114 Å². The smallest absolute Gasteiger partial charge is 0.221 e. The van der Waals surface area contributed by atoms with Crippen molar-refractivity contribution in [1.82, 2.24) is 5.32 Å². The molecule has 4 heteroatoms. The lowest BCUT2D eigenvalue weighted by atomic mass is 10.0. The Hall–Kier alpha value is -1.39. The number of amides is 1. The zero-order valence-electron chi connectivity index (χ0n) is 11.4. The van der Waals surface area contributed by atoms with Gasteiger partial charge in [0.1, 0.15) is 0 Å². The van der Waals surface area contributed by atoms with Crippen molar-refractivity contribution in [3.63, 3.8) is 0 Å². The molecule has 0 aliphatic heterocycles. The van der Waals surface area contributed by atoms with E-state index in [0.29, 0.717) is 5.41 Å². The van der Waals surface area contributed by atoms with Crippen LogP contribution in [0.1, 0.15) is 31.7 Å². The minimum Gasteiger partial charge on any atom is -0.396 e. The Kier molecular flexibility index (Phi) is 4.56. The molecule has 4 nitrogen and oxygen atoms in total. The molecule has 1 aromatic rings. The predicted octanol–water partition coefficient (Wildman–Crippen LogP) is 1.90. The van der Waals surface area contributed by atoms with E-state index in [-0.39, 0.29) is 12.5 Å². The quantitative estimate of drug-likeness (QED) is 0.703. The highest BCUT2D eigenvalue weighted by atomic mass is 16.3. The van der Waals surface area contributed by atoms with E-state index >= 15 is 0 Å². The van der Waals surface area contributed by atoms with Gasteiger partial charge < -0.3 is 15.7 Å². The lowest BCUT2D eigenvalue weighted by Crippen LogP contribution is -2.25. The van der Waals surface area contributed by atoms with Crippen LogP contribution >= 0.6 is 0 Å². The van der Waals surface area contributed by atoms with Crippen molar-refractivity contribution in [2.75, 3.05) is 18.5 Å². The zero-order valence-corrected chi connectivity index (χ0v) is 11.4. The average Bonchev–Trinajstić information content (AvgIpc) is 3.11. The fourth-order valence-electron chi connectivity index (χ4n) is 2.38. The van der Waals surface area contributed by atoms with E-state index in [4.69, 9.17) is 5.11 Å². The Balaban J connectivity index is 1.87. The summed E-state index contributed by atoms with van der Waals surface area (Å²) in [5.41, 5.74) is 2.28. The first kappa shape index (κ1) is 14.0. The van der Waals surface area contributed by atoms with Gasteiger partial charge in [-0.3, -0.25) is 4.79 Å². The number of aliphatic hydroxyl groups excluding tert-OH is 1. The third-order valence-electron chi connectivity index (χ3n) is 3.74. The van der Waals surface area contributed by atoms with Crippen molar-refractivity contribution in [3.8, 4) is 0 Å². The van der Waals surface area contributed by atoms with Gasteiger partial charge in [0, 0.05) is 32.3 Å². The van der Waals surface area contributed by atoms with Crippen LogP contribution in [-0.2, 0) is 11.3 Å². The van der Waals surface area contributed by atoms with E-state index in [0.717, 1.165) is 30.8 Å². The van der Waals surface area contributed by atoms with Crippen molar-refractivity contribution in [1.29, 1.82) is 0 Å². The number of nitrogens with one attached hydrogen (secondary N) is 2. The van der Waals surface area contributed by atoms with Crippen LogP contribution in [0.4, 0.5) is 5.69 Å². The van der Waals surface area contributed by atoms with E-state index in [1.807, 2.05) is 24.3 Å². The molecular weight excluding hydrogens is 240 g/mol. The standard InChI is InChI=1S/C15H22N2O2/c1-12(19)17-14-5-3-2-4-13(14)10-16-11-15(6-7-15)8-9-18/h2-5,16,18H,6-11H2,1H3,(H,17,19). The summed E-state index contributed by atoms with van der Waals surface area (Å²) in [7, 11) is 0. The molecule has 0 atom stereocenters. The molecule has 0 bridgehead atoms. The van der Waals surface area contributed by atoms with Crippen molar-refractivity contribution >= 4 is 11.6 Å². The lowest BCUT2D eigenvalue weighted by Gasteiger charge is -2.16. The van der Waals surface area contributed by atoms with E-state index in [1.165, 1.54) is 19.8 Å². The summed E-state index contributed by atoms with van der Waals surface area (Å²) in [6.45, 7) is 3.46. The van der Waals surface area contributed by atoms with Gasteiger partial charge in [-0.05, 0) is 36.3 Å². The first-order chi connectivity index (χ1) is 9.15. The Morgan fingerprint density at radius 1 is 1.37 bits per heavy atom. The van der Waals surface area contributed by atoms with Crippen molar-refractivity contribution in [2.24, 2.45) is 5.41 Å². The van der Waals surface area contributed by atoms with E-state index in [9.17, 15) is 4.79 Å². The monoisotopic (exact) mass is 262 g/mol. The molecule has 19 heavy (non-hydrogen) atoms. The molecule has 0 radical (unpaired) electrons. The SMILES string of the molecule is CC(=O)Nc1ccccc1CNCC1(CCO)CC1. The summed E-state index contributed by atoms with van der Waals surface area (Å²) < 4.78 is 0. The second kappa shape index (κ2) is 6.17. The number of carbonyl (C=O) groups is 1. The fourth-order valence-corrected chi connectivity index (χ4v) is 2.38. The molecule has 0 saturated heterocycles. The number of para-hydroxylation sites is 1. The molecule has 1 aromatic carbocycles. The van der Waals surface area contributed by atoms with Crippen molar-refractivity contribution < 1.29 is 9.90 Å². The number of benzene rings is 1. The van der Waals surface area contributed by atoms with Gasteiger partial charge in [0.2, 0.25) is 5.91 Å². The molecule has 104 valence electrons. The van der Waals surface area contributed by atoms with Gasteiger partial charge in [-0.25, -0.2) is 0 Å². The zero-order chi connectivity index (χ0) is 13.7. The maximum atomic E-state index is 11.1. The van der Waals surface area contributed by atoms with E-state index < -0.39 is 0 Å². The third-order valence-corrected chi connectivity index (χ3v) is 3.74. The molecule has 1 aliphatic rings. The summed E-state index contributed by atoms with van der Waals surface area (Å²) in [5, 5.41) is 15.3. The molecule has 0 heterocycles. The molecule has 1 saturated carbocycles. The molecular formula is C15H22N2O2. The highest BCUT2D eigenvalue weighted by Gasteiger charge is 2.41. The maximum absolute atomic E-state index is 11.1. The lowest BCUT2D eigenvalue weighted by molar-refractivity contribution is -0.114. The third kappa shape index (κ3) is 4.04. The van der Waals surface area contributed by atoms with Gasteiger partial charge in [-0.2, -0.15) is 0 Å². The first-order valence-electron chi connectivity index (χ1n) is 6.82. The van der Waals surface area contributed by atoms with Crippen LogP contribution in [0.2, 0.25) is 0 Å². The maximum Gasteiger partial charge on any atom is 0.221 e. The summed E-state index contributed by atoms with van der Waals surface area (Å²) >= 11 is 0. The van der Waals surface area contributed by atoms with Crippen LogP contribution in [-0.4, -0.2) is 24.2 Å². The number of anilines is 1. The average molecular weight is 262 g/mol. The van der Waals surface area contributed by atoms with E-state index in [2.05, 4.69) is 10.6 Å². The topological polar surface area (TPSA) is 61.4 Å². The van der Waals surface area contributed by atoms with Gasteiger partial charge in [-0.1, -0.05) is 18.2 Å². The summed E-state index contributed by atoms with van der Waals surface area (Å²) in [5.74, 6) is -0.0496. The highest BCUT2D eigenvalue weighted by molar-refractivity contribution is 5.89. The second-order valence-electron chi connectivity index (χ2n) is 5.42. The largest absolute Gasteiger partial charge is 0.396 e. The molecule has 2 rings (SSSR count). The molecule has 1 amide bonds.